The smallest absolute Gasteiger partial charge is 0.306 e. The molecule has 1 saturated heterocycles. The molecule has 0 spiro atoms. The van der Waals surface area contributed by atoms with E-state index in [0.29, 0.717) is 24.3 Å². The second-order valence-electron chi connectivity index (χ2n) is 7.91. The van der Waals surface area contributed by atoms with Gasteiger partial charge < -0.3 is 9.64 Å². The van der Waals surface area contributed by atoms with Crippen molar-refractivity contribution in [2.24, 2.45) is 0 Å². The van der Waals surface area contributed by atoms with Gasteiger partial charge in [-0.15, -0.1) is 0 Å². The summed E-state index contributed by atoms with van der Waals surface area (Å²) < 4.78 is 19.9. The van der Waals surface area contributed by atoms with Crippen LogP contribution in [0.1, 0.15) is 45.1 Å². The van der Waals surface area contributed by atoms with Crippen LogP contribution in [0.15, 0.2) is 18.2 Å². The highest BCUT2D eigenvalue weighted by Gasteiger charge is 2.25. The molecule has 0 bridgehead atoms. The van der Waals surface area contributed by atoms with Gasteiger partial charge in [-0.3, -0.25) is 4.79 Å². The van der Waals surface area contributed by atoms with Gasteiger partial charge in [-0.05, 0) is 57.5 Å². The van der Waals surface area contributed by atoms with Crippen LogP contribution in [0.2, 0.25) is 12.6 Å². The number of hydrogen-bond acceptors (Lipinski definition) is 5. The van der Waals surface area contributed by atoms with Crippen LogP contribution in [0.25, 0.3) is 0 Å². The standard InChI is InChI=1S/C20H25BFN3O2/c1-20(2,3)27-19(26)7-5-16(13-23)15-4-6-18(17(22)12-15)25-10-8-21(14-24)9-11-25/h4,6,12,16H,5,7-11H2,1-3H3. The van der Waals surface area contributed by atoms with Crippen LogP contribution in [0.3, 0.4) is 0 Å². The van der Waals surface area contributed by atoms with Crippen LogP contribution >= 0.6 is 0 Å². The van der Waals surface area contributed by atoms with Crippen LogP contribution in [0.5, 0.6) is 0 Å². The van der Waals surface area contributed by atoms with E-state index in [1.807, 2.05) is 4.90 Å². The van der Waals surface area contributed by atoms with E-state index in [1.54, 1.807) is 32.9 Å². The number of carbonyl (C=O) groups is 1. The van der Waals surface area contributed by atoms with Crippen molar-refractivity contribution in [2.75, 3.05) is 18.0 Å². The van der Waals surface area contributed by atoms with E-state index in [2.05, 4.69) is 12.0 Å². The number of benzene rings is 1. The van der Waals surface area contributed by atoms with Crippen molar-refractivity contribution in [1.82, 2.24) is 0 Å². The summed E-state index contributed by atoms with van der Waals surface area (Å²) in [5.41, 5.74) is 0.500. The minimum absolute atomic E-state index is 0.0411. The lowest BCUT2D eigenvalue weighted by atomic mass is 9.45. The van der Waals surface area contributed by atoms with E-state index in [1.165, 1.54) is 6.07 Å². The number of ether oxygens (including phenoxy) is 1. The summed E-state index contributed by atoms with van der Waals surface area (Å²) >= 11 is 0. The van der Waals surface area contributed by atoms with Gasteiger partial charge in [-0.2, -0.15) is 5.26 Å². The van der Waals surface area contributed by atoms with Crippen molar-refractivity contribution in [3.63, 3.8) is 0 Å². The first-order valence-electron chi connectivity index (χ1n) is 9.29. The van der Waals surface area contributed by atoms with E-state index in [9.17, 15) is 14.4 Å². The fourth-order valence-corrected chi connectivity index (χ4v) is 3.21. The highest BCUT2D eigenvalue weighted by atomic mass is 19.1. The zero-order chi connectivity index (χ0) is 20.0. The SMILES string of the molecule is CC(C)(C)OC(=O)CCC(C#N)c1ccc(N2CCB(C#N)CC2)c(F)c1. The average molecular weight is 369 g/mol. The normalized spacial score (nSPS) is 15.6. The molecule has 27 heavy (non-hydrogen) atoms. The summed E-state index contributed by atoms with van der Waals surface area (Å²) in [4.78, 5) is 13.8. The lowest BCUT2D eigenvalue weighted by Crippen LogP contribution is -2.37. The second kappa shape index (κ2) is 8.91. The monoisotopic (exact) mass is 369 g/mol. The molecule has 0 radical (unpaired) electrons. The Morgan fingerprint density at radius 1 is 1.33 bits per heavy atom. The molecule has 2 rings (SSSR count). The van der Waals surface area contributed by atoms with Crippen LogP contribution in [-0.4, -0.2) is 31.4 Å². The summed E-state index contributed by atoms with van der Waals surface area (Å²) in [5.74, 6) is 0.965. The first kappa shape index (κ1) is 20.8. The van der Waals surface area contributed by atoms with Gasteiger partial charge in [0.15, 0.2) is 0 Å². The maximum atomic E-state index is 14.6. The summed E-state index contributed by atoms with van der Waals surface area (Å²) in [7, 11) is 0. The molecule has 1 unspecified atom stereocenters. The van der Waals surface area contributed by atoms with Gasteiger partial charge in [-0.25, -0.2) is 9.65 Å². The van der Waals surface area contributed by atoms with E-state index in [0.717, 1.165) is 12.6 Å². The Kier molecular flexibility index (Phi) is 6.85. The second-order valence-corrected chi connectivity index (χ2v) is 7.91. The molecule has 1 aromatic carbocycles. The van der Waals surface area contributed by atoms with Crippen molar-refractivity contribution in [1.29, 1.82) is 10.5 Å². The molecule has 1 aliphatic rings. The molecule has 1 fully saturated rings. The van der Waals surface area contributed by atoms with Gasteiger partial charge >= 0.3 is 5.97 Å². The first-order chi connectivity index (χ1) is 12.7. The quantitative estimate of drug-likeness (QED) is 0.581. The van der Waals surface area contributed by atoms with Crippen molar-refractivity contribution in [2.45, 2.75) is 57.8 Å². The van der Waals surface area contributed by atoms with Gasteiger partial charge in [0.1, 0.15) is 11.4 Å². The summed E-state index contributed by atoms with van der Waals surface area (Å²) in [6, 6.07) is 6.97. The van der Waals surface area contributed by atoms with Gasteiger partial charge in [0.2, 0.25) is 0 Å². The van der Waals surface area contributed by atoms with Gasteiger partial charge in [0.05, 0.1) is 17.7 Å². The Labute approximate surface area is 160 Å². The summed E-state index contributed by atoms with van der Waals surface area (Å²) in [6.45, 7) is 6.71. The van der Waals surface area contributed by atoms with Crippen LogP contribution in [-0.2, 0) is 9.53 Å². The first-order valence-corrected chi connectivity index (χ1v) is 9.29. The predicted molar refractivity (Wildman–Crippen MR) is 103 cm³/mol. The minimum atomic E-state index is -0.564. The largest absolute Gasteiger partial charge is 0.460 e. The molecule has 0 amide bonds. The molecule has 1 aliphatic heterocycles. The number of esters is 1. The van der Waals surface area contributed by atoms with Gasteiger partial charge in [-0.1, -0.05) is 6.07 Å². The Balaban J connectivity index is 2.01. The van der Waals surface area contributed by atoms with E-state index >= 15 is 0 Å². The highest BCUT2D eigenvalue weighted by Crippen LogP contribution is 2.29. The molecular formula is C20H25BFN3O2. The Bertz CT molecular complexity index is 756. The lowest BCUT2D eigenvalue weighted by Gasteiger charge is -2.30. The molecule has 0 aliphatic carbocycles. The number of nitrogens with zero attached hydrogens (tertiary/aromatic N) is 3. The van der Waals surface area contributed by atoms with Crippen molar-refractivity contribution >= 4 is 18.4 Å². The number of carbonyl (C=O) groups excluding carboxylic acids is 1. The highest BCUT2D eigenvalue weighted by molar-refractivity contribution is 6.67. The number of hydrogen-bond donors (Lipinski definition) is 0. The van der Waals surface area contributed by atoms with Gasteiger partial charge in [0.25, 0.3) is 6.71 Å². The maximum absolute atomic E-state index is 14.6. The van der Waals surface area contributed by atoms with Crippen molar-refractivity contribution in [3.8, 4) is 12.0 Å². The summed E-state index contributed by atoms with van der Waals surface area (Å²) in [6.07, 6.45) is 1.86. The molecule has 5 nitrogen and oxygen atoms in total. The average Bonchev–Trinajstić information content (AvgIpc) is 2.61. The van der Waals surface area contributed by atoms with E-state index in [-0.39, 0.29) is 31.3 Å². The molecule has 1 heterocycles. The summed E-state index contributed by atoms with van der Waals surface area (Å²) in [5, 5.41) is 18.4. The fourth-order valence-electron chi connectivity index (χ4n) is 3.21. The molecule has 0 aromatic heterocycles. The van der Waals surface area contributed by atoms with E-state index in [4.69, 9.17) is 10.00 Å². The zero-order valence-corrected chi connectivity index (χ0v) is 16.2. The Morgan fingerprint density at radius 2 is 2.00 bits per heavy atom. The Hall–Kier alpha value is -2.54. The molecule has 0 saturated carbocycles. The topological polar surface area (TPSA) is 77.1 Å². The van der Waals surface area contributed by atoms with Gasteiger partial charge in [0, 0.05) is 25.5 Å². The van der Waals surface area contributed by atoms with Crippen LogP contribution in [0, 0.1) is 28.4 Å². The number of anilines is 1. The molecule has 7 heteroatoms. The van der Waals surface area contributed by atoms with Crippen molar-refractivity contribution < 1.29 is 13.9 Å². The minimum Gasteiger partial charge on any atom is -0.460 e. The van der Waals surface area contributed by atoms with Crippen LogP contribution in [0.4, 0.5) is 10.1 Å². The molecule has 0 N–H and O–H groups in total. The van der Waals surface area contributed by atoms with E-state index < -0.39 is 11.5 Å². The third-order valence-corrected chi connectivity index (χ3v) is 4.61. The molecule has 142 valence electrons. The maximum Gasteiger partial charge on any atom is 0.306 e. The third-order valence-electron chi connectivity index (χ3n) is 4.61. The molecular weight excluding hydrogens is 344 g/mol. The molecule has 1 aromatic rings. The third kappa shape index (κ3) is 6.00. The van der Waals surface area contributed by atoms with Crippen molar-refractivity contribution in [3.05, 3.63) is 29.6 Å². The number of rotatable bonds is 5. The lowest BCUT2D eigenvalue weighted by molar-refractivity contribution is -0.154. The zero-order valence-electron chi connectivity index (χ0n) is 16.2. The van der Waals surface area contributed by atoms with Crippen LogP contribution < -0.4 is 4.90 Å². The fraction of sp³-hybridized carbons (Fsp3) is 0.550. The number of nitriles is 2. The predicted octanol–water partition coefficient (Wildman–Crippen LogP) is 3.93. The molecule has 1 atom stereocenters. The Morgan fingerprint density at radius 3 is 2.52 bits per heavy atom. The number of halogens is 1.